The SMILES string of the molecule is Cc1ccc(OCc2ccc(-c3nc(C#N)c(N4CCNCC4)o3)o2)cc1C. The normalized spacial score (nSPS) is 14.1. The minimum atomic E-state index is 0.279. The van der Waals surface area contributed by atoms with Crippen LogP contribution in [0.25, 0.3) is 11.7 Å². The van der Waals surface area contributed by atoms with Crippen LogP contribution in [0.5, 0.6) is 5.75 Å². The van der Waals surface area contributed by atoms with Crippen molar-refractivity contribution in [2.24, 2.45) is 0 Å². The van der Waals surface area contributed by atoms with E-state index < -0.39 is 0 Å². The first-order chi connectivity index (χ1) is 13.6. The number of ether oxygens (including phenoxy) is 1. The average Bonchev–Trinajstić information content (AvgIpc) is 3.36. The van der Waals surface area contributed by atoms with E-state index in [0.29, 0.717) is 29.9 Å². The second-order valence-electron chi connectivity index (χ2n) is 6.82. The highest BCUT2D eigenvalue weighted by molar-refractivity contribution is 5.56. The van der Waals surface area contributed by atoms with E-state index in [1.54, 1.807) is 6.07 Å². The van der Waals surface area contributed by atoms with Crippen LogP contribution in [0, 0.1) is 25.2 Å². The fraction of sp³-hybridized carbons (Fsp3) is 0.333. The minimum absolute atomic E-state index is 0.279. The minimum Gasteiger partial charge on any atom is -0.486 e. The van der Waals surface area contributed by atoms with Gasteiger partial charge in [-0.1, -0.05) is 6.07 Å². The van der Waals surface area contributed by atoms with E-state index in [4.69, 9.17) is 13.6 Å². The Morgan fingerprint density at radius 2 is 1.96 bits per heavy atom. The monoisotopic (exact) mass is 378 g/mol. The number of hydrogen-bond donors (Lipinski definition) is 1. The molecule has 0 saturated carbocycles. The highest BCUT2D eigenvalue weighted by Crippen LogP contribution is 2.30. The lowest BCUT2D eigenvalue weighted by Gasteiger charge is -2.26. The Morgan fingerprint density at radius 1 is 1.14 bits per heavy atom. The van der Waals surface area contributed by atoms with Gasteiger partial charge in [-0.25, -0.2) is 0 Å². The Labute approximate surface area is 163 Å². The summed E-state index contributed by atoms with van der Waals surface area (Å²) in [6, 6.07) is 11.7. The van der Waals surface area contributed by atoms with E-state index in [2.05, 4.69) is 30.2 Å². The predicted octanol–water partition coefficient (Wildman–Crippen LogP) is 3.41. The largest absolute Gasteiger partial charge is 0.486 e. The number of nitrogens with zero attached hydrogens (tertiary/aromatic N) is 3. The fourth-order valence-corrected chi connectivity index (χ4v) is 3.10. The number of aromatic nitrogens is 1. The molecule has 1 N–H and O–H groups in total. The van der Waals surface area contributed by atoms with Gasteiger partial charge in [-0.05, 0) is 49.2 Å². The molecular weight excluding hydrogens is 356 g/mol. The van der Waals surface area contributed by atoms with E-state index in [9.17, 15) is 5.26 Å². The quantitative estimate of drug-likeness (QED) is 0.728. The van der Waals surface area contributed by atoms with Crippen LogP contribution in [0.1, 0.15) is 22.6 Å². The van der Waals surface area contributed by atoms with Crippen molar-refractivity contribution in [3.8, 4) is 23.5 Å². The summed E-state index contributed by atoms with van der Waals surface area (Å²) in [5, 5.41) is 12.7. The van der Waals surface area contributed by atoms with Crippen LogP contribution in [0.3, 0.4) is 0 Å². The zero-order chi connectivity index (χ0) is 19.5. The highest BCUT2D eigenvalue weighted by atomic mass is 16.5. The molecule has 7 nitrogen and oxygen atoms in total. The number of nitriles is 1. The van der Waals surface area contributed by atoms with Crippen LogP contribution < -0.4 is 15.0 Å². The summed E-state index contributed by atoms with van der Waals surface area (Å²) in [5.41, 5.74) is 2.69. The first kappa shape index (κ1) is 18.1. The third-order valence-electron chi connectivity index (χ3n) is 4.85. The summed E-state index contributed by atoms with van der Waals surface area (Å²) < 4.78 is 17.5. The van der Waals surface area contributed by atoms with Crippen molar-refractivity contribution in [2.75, 3.05) is 31.1 Å². The molecule has 28 heavy (non-hydrogen) atoms. The molecule has 3 aromatic rings. The molecular formula is C21H22N4O3. The van der Waals surface area contributed by atoms with Gasteiger partial charge in [0.1, 0.15) is 24.2 Å². The number of oxazole rings is 1. The van der Waals surface area contributed by atoms with Crippen LogP contribution in [-0.4, -0.2) is 31.2 Å². The van der Waals surface area contributed by atoms with E-state index in [1.807, 2.05) is 29.2 Å². The summed E-state index contributed by atoms with van der Waals surface area (Å²) in [6.45, 7) is 7.67. The topological polar surface area (TPSA) is 87.5 Å². The number of piperazine rings is 1. The molecule has 1 fully saturated rings. The van der Waals surface area contributed by atoms with Crippen molar-refractivity contribution >= 4 is 5.88 Å². The third kappa shape index (κ3) is 3.73. The fourth-order valence-electron chi connectivity index (χ4n) is 3.10. The lowest BCUT2D eigenvalue weighted by Crippen LogP contribution is -2.43. The summed E-state index contributed by atoms with van der Waals surface area (Å²) in [7, 11) is 0. The van der Waals surface area contributed by atoms with E-state index in [0.717, 1.165) is 31.9 Å². The molecule has 0 bridgehead atoms. The van der Waals surface area contributed by atoms with E-state index in [1.165, 1.54) is 11.1 Å². The number of nitrogens with one attached hydrogen (secondary N) is 1. The van der Waals surface area contributed by atoms with E-state index >= 15 is 0 Å². The Bertz CT molecular complexity index is 1010. The molecule has 4 rings (SSSR count). The molecule has 7 heteroatoms. The molecule has 1 aliphatic rings. The van der Waals surface area contributed by atoms with Gasteiger partial charge in [0.2, 0.25) is 11.6 Å². The Hall–Kier alpha value is -3.24. The predicted molar refractivity (Wildman–Crippen MR) is 104 cm³/mol. The number of rotatable bonds is 5. The molecule has 0 aliphatic carbocycles. The van der Waals surface area contributed by atoms with Gasteiger partial charge >= 0.3 is 0 Å². The van der Waals surface area contributed by atoms with Crippen molar-refractivity contribution in [2.45, 2.75) is 20.5 Å². The summed E-state index contributed by atoms with van der Waals surface area (Å²) in [5.74, 6) is 2.75. The zero-order valence-electron chi connectivity index (χ0n) is 16.0. The van der Waals surface area contributed by atoms with Crippen molar-refractivity contribution in [3.63, 3.8) is 0 Å². The van der Waals surface area contributed by atoms with Gasteiger partial charge in [-0.15, -0.1) is 0 Å². The second-order valence-corrected chi connectivity index (χ2v) is 6.82. The lowest BCUT2D eigenvalue weighted by atomic mass is 10.1. The molecule has 3 heterocycles. The molecule has 1 saturated heterocycles. The van der Waals surface area contributed by atoms with Crippen LogP contribution in [-0.2, 0) is 6.61 Å². The lowest BCUT2D eigenvalue weighted by molar-refractivity contribution is 0.271. The number of hydrogen-bond acceptors (Lipinski definition) is 7. The summed E-state index contributed by atoms with van der Waals surface area (Å²) in [4.78, 5) is 6.33. The van der Waals surface area contributed by atoms with Gasteiger partial charge in [-0.3, -0.25) is 0 Å². The second kappa shape index (κ2) is 7.79. The van der Waals surface area contributed by atoms with Crippen molar-refractivity contribution < 1.29 is 13.6 Å². The molecule has 0 spiro atoms. The van der Waals surface area contributed by atoms with Gasteiger partial charge in [0.25, 0.3) is 5.89 Å². The Morgan fingerprint density at radius 3 is 2.71 bits per heavy atom. The van der Waals surface area contributed by atoms with Crippen LogP contribution in [0.15, 0.2) is 39.2 Å². The van der Waals surface area contributed by atoms with Crippen LogP contribution in [0.4, 0.5) is 5.88 Å². The maximum Gasteiger partial charge on any atom is 0.266 e. The van der Waals surface area contributed by atoms with Crippen molar-refractivity contribution in [1.82, 2.24) is 10.3 Å². The van der Waals surface area contributed by atoms with Crippen LogP contribution >= 0.6 is 0 Å². The maximum atomic E-state index is 9.40. The van der Waals surface area contributed by atoms with Crippen LogP contribution in [0.2, 0.25) is 0 Å². The molecule has 0 radical (unpaired) electrons. The van der Waals surface area contributed by atoms with Gasteiger partial charge in [-0.2, -0.15) is 10.2 Å². The average molecular weight is 378 g/mol. The zero-order valence-corrected chi connectivity index (χ0v) is 16.0. The van der Waals surface area contributed by atoms with Gasteiger partial charge in [0.15, 0.2) is 5.76 Å². The highest BCUT2D eigenvalue weighted by Gasteiger charge is 2.23. The Balaban J connectivity index is 1.48. The number of furan rings is 1. The summed E-state index contributed by atoms with van der Waals surface area (Å²) >= 11 is 0. The van der Waals surface area contributed by atoms with Crippen molar-refractivity contribution in [3.05, 3.63) is 52.9 Å². The maximum absolute atomic E-state index is 9.40. The smallest absolute Gasteiger partial charge is 0.266 e. The first-order valence-corrected chi connectivity index (χ1v) is 9.30. The first-order valence-electron chi connectivity index (χ1n) is 9.30. The molecule has 0 unspecified atom stereocenters. The molecule has 0 atom stereocenters. The molecule has 0 amide bonds. The number of benzene rings is 1. The molecule has 1 aromatic carbocycles. The Kier molecular flexibility index (Phi) is 5.04. The van der Waals surface area contributed by atoms with Gasteiger partial charge < -0.3 is 23.8 Å². The molecule has 2 aromatic heterocycles. The van der Waals surface area contributed by atoms with Gasteiger partial charge in [0.05, 0.1) is 0 Å². The van der Waals surface area contributed by atoms with Gasteiger partial charge in [0, 0.05) is 26.2 Å². The number of aryl methyl sites for hydroxylation is 2. The third-order valence-corrected chi connectivity index (χ3v) is 4.85. The summed E-state index contributed by atoms with van der Waals surface area (Å²) in [6.07, 6.45) is 0. The number of anilines is 1. The standard InChI is InChI=1S/C21H22N4O3/c1-14-3-4-16(11-15(14)2)26-13-17-5-6-19(27-17)20-24-18(12-22)21(28-20)25-9-7-23-8-10-25/h3-6,11,23H,7-10,13H2,1-2H3. The van der Waals surface area contributed by atoms with Crippen molar-refractivity contribution in [1.29, 1.82) is 5.26 Å². The molecule has 144 valence electrons. The van der Waals surface area contributed by atoms with E-state index in [-0.39, 0.29) is 5.69 Å². The molecule has 1 aliphatic heterocycles.